The molecule has 1 aromatic carbocycles. The van der Waals surface area contributed by atoms with Crippen molar-refractivity contribution < 1.29 is 9.59 Å². The number of fused-ring (bicyclic) bond motifs is 1. The van der Waals surface area contributed by atoms with Gasteiger partial charge in [0, 0.05) is 50.7 Å². The fourth-order valence-corrected chi connectivity index (χ4v) is 6.06. The smallest absolute Gasteiger partial charge is 0.236 e. The number of benzene rings is 1. The minimum absolute atomic E-state index is 0.0192. The third-order valence-electron chi connectivity index (χ3n) is 8.66. The third kappa shape index (κ3) is 3.99. The molecule has 0 spiro atoms. The summed E-state index contributed by atoms with van der Waals surface area (Å²) in [5.74, 6) is 0.685. The molecule has 3 aliphatic rings. The predicted molar refractivity (Wildman–Crippen MR) is 141 cm³/mol. The number of aromatic nitrogens is 2. The quantitative estimate of drug-likeness (QED) is 0.497. The van der Waals surface area contributed by atoms with Gasteiger partial charge in [0.2, 0.25) is 5.91 Å². The Morgan fingerprint density at radius 1 is 1.00 bits per heavy atom. The summed E-state index contributed by atoms with van der Waals surface area (Å²) in [5.41, 5.74) is 5.29. The van der Waals surface area contributed by atoms with Crippen molar-refractivity contribution in [3.8, 4) is 11.1 Å². The Kier molecular flexibility index (Phi) is 5.83. The number of piperazine rings is 1. The van der Waals surface area contributed by atoms with Crippen LogP contribution in [0.3, 0.4) is 0 Å². The summed E-state index contributed by atoms with van der Waals surface area (Å²) in [6.07, 6.45) is 6.61. The number of nitrogens with zero attached hydrogens (tertiary/aromatic N) is 5. The molecular formula is C29H35N5O2. The molecule has 1 amide bonds. The van der Waals surface area contributed by atoms with E-state index < -0.39 is 5.41 Å². The van der Waals surface area contributed by atoms with Gasteiger partial charge in [-0.25, -0.2) is 4.52 Å². The highest BCUT2D eigenvalue weighted by atomic mass is 16.2. The van der Waals surface area contributed by atoms with Crippen LogP contribution in [0, 0.1) is 5.41 Å². The van der Waals surface area contributed by atoms with Crippen LogP contribution in [0.5, 0.6) is 0 Å². The molecule has 1 aliphatic carbocycles. The molecule has 2 saturated heterocycles. The van der Waals surface area contributed by atoms with Gasteiger partial charge in [0.15, 0.2) is 0 Å². The van der Waals surface area contributed by atoms with Crippen LogP contribution < -0.4 is 4.90 Å². The Labute approximate surface area is 212 Å². The lowest BCUT2D eigenvalue weighted by Crippen LogP contribution is -2.52. The molecule has 6 rings (SSSR count). The maximum absolute atomic E-state index is 12.9. The average molecular weight is 486 g/mol. The lowest BCUT2D eigenvalue weighted by atomic mass is 9.96. The van der Waals surface area contributed by atoms with Crippen molar-refractivity contribution in [3.05, 3.63) is 54.4 Å². The molecule has 188 valence electrons. The molecule has 36 heavy (non-hydrogen) atoms. The van der Waals surface area contributed by atoms with Crippen molar-refractivity contribution in [2.75, 3.05) is 50.7 Å². The summed E-state index contributed by atoms with van der Waals surface area (Å²) < 4.78 is 1.96. The van der Waals surface area contributed by atoms with Crippen LogP contribution in [0.2, 0.25) is 0 Å². The average Bonchev–Trinajstić information content (AvgIpc) is 3.39. The highest BCUT2D eigenvalue weighted by Crippen LogP contribution is 2.48. The molecule has 2 aromatic heterocycles. The van der Waals surface area contributed by atoms with E-state index >= 15 is 0 Å². The van der Waals surface area contributed by atoms with Crippen molar-refractivity contribution in [1.29, 1.82) is 0 Å². The van der Waals surface area contributed by atoms with Gasteiger partial charge in [0.1, 0.15) is 11.2 Å². The third-order valence-corrected chi connectivity index (χ3v) is 8.66. The topological polar surface area (TPSA) is 61.2 Å². The molecule has 1 unspecified atom stereocenters. The second kappa shape index (κ2) is 9.04. The first-order valence-corrected chi connectivity index (χ1v) is 13.3. The Bertz CT molecular complexity index is 1280. The van der Waals surface area contributed by atoms with Gasteiger partial charge < -0.3 is 14.7 Å². The molecule has 0 N–H and O–H groups in total. The maximum atomic E-state index is 12.9. The summed E-state index contributed by atoms with van der Waals surface area (Å²) in [6, 6.07) is 13.4. The molecule has 0 radical (unpaired) electrons. The second-order valence-electron chi connectivity index (χ2n) is 10.7. The first kappa shape index (κ1) is 23.2. The van der Waals surface area contributed by atoms with Crippen LogP contribution in [0.15, 0.2) is 48.8 Å². The number of Topliss-reactive ketones (excluding diaryl/α,β-unsaturated/α-hetero) is 1. The van der Waals surface area contributed by atoms with E-state index in [9.17, 15) is 9.59 Å². The monoisotopic (exact) mass is 485 g/mol. The summed E-state index contributed by atoms with van der Waals surface area (Å²) in [7, 11) is 0. The zero-order valence-corrected chi connectivity index (χ0v) is 21.3. The molecule has 1 atom stereocenters. The van der Waals surface area contributed by atoms with E-state index in [2.05, 4.69) is 64.4 Å². The number of likely N-dealkylation sites (tertiary alicyclic amines) is 1. The maximum Gasteiger partial charge on any atom is 0.236 e. The molecule has 2 aliphatic heterocycles. The first-order chi connectivity index (χ1) is 17.5. The highest BCUT2D eigenvalue weighted by molar-refractivity contribution is 6.07. The molecule has 4 heterocycles. The SMILES string of the molecule is CCN1CCC(c2ccc(-c3cc4c(N5CCN(C(=O)C6(C(C)=O)CC6)CC5)ccnn4c3)cc2)C1. The Hall–Kier alpha value is -3.19. The number of anilines is 1. The largest absolute Gasteiger partial charge is 0.366 e. The van der Waals surface area contributed by atoms with E-state index in [0.29, 0.717) is 31.8 Å². The summed E-state index contributed by atoms with van der Waals surface area (Å²) in [6.45, 7) is 10.1. The molecule has 7 heteroatoms. The number of likely N-dealkylation sites (N-methyl/N-ethyl adjacent to an activating group) is 1. The predicted octanol–water partition coefficient (Wildman–Crippen LogP) is 3.83. The molecule has 3 aromatic rings. The summed E-state index contributed by atoms with van der Waals surface area (Å²) >= 11 is 0. The number of rotatable bonds is 6. The normalized spacial score (nSPS) is 21.8. The van der Waals surface area contributed by atoms with Gasteiger partial charge in [0.05, 0.1) is 11.2 Å². The minimum atomic E-state index is -0.717. The Morgan fingerprint density at radius 2 is 1.75 bits per heavy atom. The first-order valence-electron chi connectivity index (χ1n) is 13.3. The van der Waals surface area contributed by atoms with Crippen molar-refractivity contribution in [1.82, 2.24) is 19.4 Å². The Morgan fingerprint density at radius 3 is 2.39 bits per heavy atom. The fraction of sp³-hybridized carbons (Fsp3) is 0.483. The van der Waals surface area contributed by atoms with Crippen molar-refractivity contribution in [2.45, 2.75) is 39.0 Å². The zero-order chi connectivity index (χ0) is 24.9. The van der Waals surface area contributed by atoms with Gasteiger partial charge >= 0.3 is 0 Å². The van der Waals surface area contributed by atoms with Crippen molar-refractivity contribution in [2.24, 2.45) is 5.41 Å². The van der Waals surface area contributed by atoms with E-state index in [1.165, 1.54) is 24.1 Å². The Balaban J connectivity index is 1.18. The molecule has 3 fully saturated rings. The van der Waals surface area contributed by atoms with E-state index in [0.717, 1.165) is 42.9 Å². The summed E-state index contributed by atoms with van der Waals surface area (Å²) in [5, 5.41) is 4.57. The van der Waals surface area contributed by atoms with Crippen LogP contribution in [-0.2, 0) is 9.59 Å². The second-order valence-corrected chi connectivity index (χ2v) is 10.7. The van der Waals surface area contributed by atoms with Crippen LogP contribution in [0.1, 0.15) is 44.6 Å². The minimum Gasteiger partial charge on any atom is -0.366 e. The molecular weight excluding hydrogens is 450 g/mol. The van der Waals surface area contributed by atoms with E-state index in [4.69, 9.17) is 0 Å². The fourth-order valence-electron chi connectivity index (χ4n) is 6.06. The van der Waals surface area contributed by atoms with Gasteiger partial charge in [0.25, 0.3) is 0 Å². The van der Waals surface area contributed by atoms with Gasteiger partial charge in [-0.15, -0.1) is 0 Å². The zero-order valence-electron chi connectivity index (χ0n) is 21.3. The van der Waals surface area contributed by atoms with Gasteiger partial charge in [-0.05, 0) is 68.5 Å². The number of hydrogen-bond donors (Lipinski definition) is 0. The number of amides is 1. The number of hydrogen-bond acceptors (Lipinski definition) is 5. The number of carbonyl (C=O) groups excluding carboxylic acids is 2. The van der Waals surface area contributed by atoms with E-state index in [1.54, 1.807) is 6.92 Å². The van der Waals surface area contributed by atoms with Crippen LogP contribution >= 0.6 is 0 Å². The van der Waals surface area contributed by atoms with Crippen LogP contribution in [0.25, 0.3) is 16.6 Å². The van der Waals surface area contributed by atoms with Crippen LogP contribution in [0.4, 0.5) is 5.69 Å². The van der Waals surface area contributed by atoms with Gasteiger partial charge in [-0.1, -0.05) is 31.2 Å². The standard InChI is InChI=1S/C29H35N5O2/c1-3-31-13-9-24(19-31)22-4-6-23(7-5-22)25-18-27-26(8-12-30-34(27)20-25)32-14-16-33(17-15-32)28(36)29(10-11-29)21(2)35/h4-8,12,18,20,24H,3,9-11,13-17,19H2,1-2H3. The van der Waals surface area contributed by atoms with E-state index in [1.807, 2.05) is 15.6 Å². The van der Waals surface area contributed by atoms with Gasteiger partial charge in [-0.2, -0.15) is 5.10 Å². The van der Waals surface area contributed by atoms with E-state index in [-0.39, 0.29) is 11.7 Å². The highest BCUT2D eigenvalue weighted by Gasteiger charge is 2.55. The molecule has 7 nitrogen and oxygen atoms in total. The molecule has 0 bridgehead atoms. The lowest BCUT2D eigenvalue weighted by molar-refractivity contribution is -0.142. The number of carbonyl (C=O) groups is 2. The lowest BCUT2D eigenvalue weighted by Gasteiger charge is -2.37. The molecule has 1 saturated carbocycles. The van der Waals surface area contributed by atoms with Gasteiger partial charge in [-0.3, -0.25) is 9.59 Å². The van der Waals surface area contributed by atoms with Crippen LogP contribution in [-0.4, -0.2) is 76.9 Å². The summed E-state index contributed by atoms with van der Waals surface area (Å²) in [4.78, 5) is 31.7. The van der Waals surface area contributed by atoms with Crippen molar-refractivity contribution >= 4 is 22.9 Å². The van der Waals surface area contributed by atoms with Crippen molar-refractivity contribution in [3.63, 3.8) is 0 Å². The number of ketones is 1.